The lowest BCUT2D eigenvalue weighted by Crippen LogP contribution is -1.99. The number of carboxylic acids is 1. The summed E-state index contributed by atoms with van der Waals surface area (Å²) in [5.74, 6) is -0.812. The lowest BCUT2D eigenvalue weighted by Gasteiger charge is -1.97. The van der Waals surface area contributed by atoms with E-state index in [2.05, 4.69) is 0 Å². The fourth-order valence-corrected chi connectivity index (χ4v) is 3.55. The van der Waals surface area contributed by atoms with Crippen molar-refractivity contribution in [3.8, 4) is 0 Å². The van der Waals surface area contributed by atoms with E-state index in [1.54, 1.807) is 11.3 Å². The van der Waals surface area contributed by atoms with Crippen molar-refractivity contribution in [2.45, 2.75) is 6.42 Å². The van der Waals surface area contributed by atoms with Crippen LogP contribution in [0.3, 0.4) is 0 Å². The van der Waals surface area contributed by atoms with Gasteiger partial charge >= 0.3 is 5.97 Å². The van der Waals surface area contributed by atoms with E-state index in [4.69, 9.17) is 16.7 Å². The molecule has 0 bridgehead atoms. The van der Waals surface area contributed by atoms with E-state index < -0.39 is 5.97 Å². The molecular weight excluding hydrogens is 268 g/mol. The van der Waals surface area contributed by atoms with Crippen molar-refractivity contribution in [2.75, 3.05) is 0 Å². The van der Waals surface area contributed by atoms with Crippen molar-refractivity contribution in [1.29, 1.82) is 0 Å². The van der Waals surface area contributed by atoms with Crippen LogP contribution >= 0.6 is 22.9 Å². The van der Waals surface area contributed by atoms with E-state index in [0.717, 1.165) is 30.8 Å². The Labute approximate surface area is 112 Å². The molecule has 18 heavy (non-hydrogen) atoms. The molecule has 0 amide bonds. The summed E-state index contributed by atoms with van der Waals surface area (Å²) in [5, 5.41) is 11.8. The molecule has 3 rings (SSSR count). The molecule has 0 atom stereocenters. The minimum Gasteiger partial charge on any atom is -0.481 e. The molecule has 0 radical (unpaired) electrons. The van der Waals surface area contributed by atoms with Crippen LogP contribution in [-0.2, 0) is 11.2 Å². The van der Waals surface area contributed by atoms with Crippen molar-refractivity contribution in [3.63, 3.8) is 0 Å². The van der Waals surface area contributed by atoms with Gasteiger partial charge < -0.3 is 5.11 Å². The first-order valence-corrected chi connectivity index (χ1v) is 6.66. The second kappa shape index (κ2) is 4.26. The van der Waals surface area contributed by atoms with Gasteiger partial charge in [0.05, 0.1) is 16.1 Å². The van der Waals surface area contributed by atoms with Gasteiger partial charge in [-0.25, -0.2) is 0 Å². The van der Waals surface area contributed by atoms with Gasteiger partial charge in [-0.1, -0.05) is 35.9 Å². The van der Waals surface area contributed by atoms with E-state index in [0.29, 0.717) is 0 Å². The van der Waals surface area contributed by atoms with Crippen molar-refractivity contribution in [2.24, 2.45) is 0 Å². The summed E-state index contributed by atoms with van der Waals surface area (Å²) in [6.07, 6.45) is 0.0535. The largest absolute Gasteiger partial charge is 0.481 e. The van der Waals surface area contributed by atoms with Crippen LogP contribution in [0.5, 0.6) is 0 Å². The zero-order valence-corrected chi connectivity index (χ0v) is 10.9. The molecule has 1 N–H and O–H groups in total. The van der Waals surface area contributed by atoms with Gasteiger partial charge in [-0.15, -0.1) is 11.3 Å². The third kappa shape index (κ3) is 1.85. The molecule has 1 heterocycles. The lowest BCUT2D eigenvalue weighted by atomic mass is 10.1. The molecule has 0 saturated heterocycles. The first-order chi connectivity index (χ1) is 8.65. The minimum absolute atomic E-state index is 0.0535. The Balaban J connectivity index is 2.26. The number of carboxylic acid groups (broad SMARTS) is 1. The molecule has 0 fully saturated rings. The van der Waals surface area contributed by atoms with Crippen molar-refractivity contribution >= 4 is 49.1 Å². The Morgan fingerprint density at radius 2 is 2.06 bits per heavy atom. The predicted octanol–water partition coefficient (Wildman–Crippen LogP) is 4.34. The van der Waals surface area contributed by atoms with Crippen LogP contribution in [0.15, 0.2) is 36.4 Å². The minimum atomic E-state index is -0.812. The summed E-state index contributed by atoms with van der Waals surface area (Å²) in [4.78, 5) is 10.7. The molecule has 0 saturated carbocycles. The Morgan fingerprint density at radius 3 is 2.83 bits per heavy atom. The summed E-state index contributed by atoms with van der Waals surface area (Å²) >= 11 is 7.77. The Morgan fingerprint density at radius 1 is 1.22 bits per heavy atom. The normalized spacial score (nSPS) is 11.2. The summed E-state index contributed by atoms with van der Waals surface area (Å²) in [6.45, 7) is 0. The second-order valence-electron chi connectivity index (χ2n) is 4.12. The number of fused-ring (bicyclic) bond motifs is 3. The monoisotopic (exact) mass is 276 g/mol. The van der Waals surface area contributed by atoms with E-state index in [1.165, 1.54) is 0 Å². The van der Waals surface area contributed by atoms with Crippen LogP contribution in [0, 0.1) is 0 Å². The van der Waals surface area contributed by atoms with Gasteiger partial charge in [0.25, 0.3) is 0 Å². The number of hydrogen-bond donors (Lipinski definition) is 1. The van der Waals surface area contributed by atoms with E-state index in [1.807, 2.05) is 36.4 Å². The van der Waals surface area contributed by atoms with Gasteiger partial charge in [0, 0.05) is 15.5 Å². The topological polar surface area (TPSA) is 37.3 Å². The average molecular weight is 277 g/mol. The summed E-state index contributed by atoms with van der Waals surface area (Å²) in [5.41, 5.74) is 0.817. The van der Waals surface area contributed by atoms with E-state index in [9.17, 15) is 4.79 Å². The SMILES string of the molecule is O=C(O)Cc1ccc2c(c1)sc1c(Cl)cccc12. The standard InChI is InChI=1S/C14H9ClO2S/c15-11-3-1-2-10-9-5-4-8(7-13(16)17)6-12(9)18-14(10)11/h1-6H,7H2,(H,16,17). The first-order valence-electron chi connectivity index (χ1n) is 5.46. The molecule has 0 spiro atoms. The highest BCUT2D eigenvalue weighted by Gasteiger charge is 2.09. The van der Waals surface area contributed by atoms with Gasteiger partial charge in [-0.2, -0.15) is 0 Å². The van der Waals surface area contributed by atoms with Crippen LogP contribution in [0.2, 0.25) is 5.02 Å². The molecule has 0 unspecified atom stereocenters. The highest BCUT2D eigenvalue weighted by atomic mass is 35.5. The van der Waals surface area contributed by atoms with Gasteiger partial charge in [0.1, 0.15) is 0 Å². The smallest absolute Gasteiger partial charge is 0.307 e. The fraction of sp³-hybridized carbons (Fsp3) is 0.0714. The molecule has 0 aliphatic heterocycles. The Hall–Kier alpha value is -1.58. The molecule has 4 heteroatoms. The molecule has 1 aromatic heterocycles. The number of thiophene rings is 1. The molecular formula is C14H9ClO2S. The summed E-state index contributed by atoms with van der Waals surface area (Å²) in [7, 11) is 0. The number of rotatable bonds is 2. The molecule has 0 aliphatic carbocycles. The highest BCUT2D eigenvalue weighted by molar-refractivity contribution is 7.26. The van der Waals surface area contributed by atoms with Crippen LogP contribution in [0.25, 0.3) is 20.2 Å². The molecule has 0 aliphatic rings. The van der Waals surface area contributed by atoms with E-state index in [-0.39, 0.29) is 6.42 Å². The third-order valence-corrected chi connectivity index (χ3v) is 4.50. The highest BCUT2D eigenvalue weighted by Crippen LogP contribution is 2.38. The van der Waals surface area contributed by atoms with Crippen molar-refractivity contribution < 1.29 is 9.90 Å². The van der Waals surface area contributed by atoms with Crippen LogP contribution in [0.4, 0.5) is 0 Å². The van der Waals surface area contributed by atoms with Crippen LogP contribution < -0.4 is 0 Å². The van der Waals surface area contributed by atoms with Crippen LogP contribution in [0.1, 0.15) is 5.56 Å². The summed E-state index contributed by atoms with van der Waals surface area (Å²) in [6, 6.07) is 11.6. The number of carbonyl (C=O) groups is 1. The second-order valence-corrected chi connectivity index (χ2v) is 5.58. The number of benzene rings is 2. The number of aliphatic carboxylic acids is 1. The molecule has 2 nitrogen and oxygen atoms in total. The first kappa shape index (κ1) is 11.5. The summed E-state index contributed by atoms with van der Waals surface area (Å²) < 4.78 is 2.14. The van der Waals surface area contributed by atoms with Gasteiger partial charge in [0.2, 0.25) is 0 Å². The lowest BCUT2D eigenvalue weighted by molar-refractivity contribution is -0.136. The fourth-order valence-electron chi connectivity index (χ4n) is 2.09. The molecule has 90 valence electrons. The number of hydrogen-bond acceptors (Lipinski definition) is 2. The maximum absolute atomic E-state index is 10.7. The molecule has 2 aromatic carbocycles. The zero-order valence-electron chi connectivity index (χ0n) is 9.31. The van der Waals surface area contributed by atoms with Gasteiger partial charge in [-0.3, -0.25) is 4.79 Å². The molecule has 3 aromatic rings. The predicted molar refractivity (Wildman–Crippen MR) is 75.7 cm³/mol. The van der Waals surface area contributed by atoms with Crippen molar-refractivity contribution in [1.82, 2.24) is 0 Å². The van der Waals surface area contributed by atoms with Gasteiger partial charge in [-0.05, 0) is 17.7 Å². The maximum Gasteiger partial charge on any atom is 0.307 e. The average Bonchev–Trinajstić information content (AvgIpc) is 2.67. The number of halogens is 1. The maximum atomic E-state index is 10.7. The Bertz CT molecular complexity index is 761. The van der Waals surface area contributed by atoms with E-state index >= 15 is 0 Å². The van der Waals surface area contributed by atoms with Crippen LogP contribution in [-0.4, -0.2) is 11.1 Å². The quantitative estimate of drug-likeness (QED) is 0.756. The van der Waals surface area contributed by atoms with Crippen molar-refractivity contribution in [3.05, 3.63) is 47.0 Å². The van der Waals surface area contributed by atoms with Gasteiger partial charge in [0.15, 0.2) is 0 Å². The zero-order chi connectivity index (χ0) is 12.7. The Kier molecular flexibility index (Phi) is 2.73. The third-order valence-electron chi connectivity index (χ3n) is 2.87.